The zero-order chi connectivity index (χ0) is 14.2. The molecule has 104 valence electrons. The van der Waals surface area contributed by atoms with E-state index < -0.39 is 0 Å². The highest BCUT2D eigenvalue weighted by atomic mass is 16.3. The Balaban J connectivity index is 1.86. The minimum Gasteiger partial charge on any atom is -0.464 e. The Morgan fingerprint density at radius 1 is 1.25 bits per heavy atom. The van der Waals surface area contributed by atoms with Crippen LogP contribution in [0.5, 0.6) is 0 Å². The Morgan fingerprint density at radius 3 is 2.85 bits per heavy atom. The van der Waals surface area contributed by atoms with Crippen LogP contribution in [0.15, 0.2) is 41.1 Å². The van der Waals surface area contributed by atoms with Gasteiger partial charge in [-0.3, -0.25) is 0 Å². The van der Waals surface area contributed by atoms with Gasteiger partial charge in [0.2, 0.25) is 0 Å². The van der Waals surface area contributed by atoms with Crippen LogP contribution in [0.3, 0.4) is 0 Å². The van der Waals surface area contributed by atoms with Crippen molar-refractivity contribution < 1.29 is 4.42 Å². The number of furan rings is 1. The monoisotopic (exact) mass is 269 g/mol. The van der Waals surface area contributed by atoms with Gasteiger partial charge in [0, 0.05) is 29.4 Å². The first-order valence-electron chi connectivity index (χ1n) is 6.78. The second-order valence-electron chi connectivity index (χ2n) is 6.01. The van der Waals surface area contributed by atoms with Gasteiger partial charge in [-0.15, -0.1) is 0 Å². The van der Waals surface area contributed by atoms with Crippen LogP contribution < -0.4 is 5.32 Å². The van der Waals surface area contributed by atoms with Gasteiger partial charge in [-0.2, -0.15) is 0 Å². The smallest absolute Gasteiger partial charge is 0.141 e. The molecule has 0 spiro atoms. The molecule has 0 aliphatic rings. The summed E-state index contributed by atoms with van der Waals surface area (Å²) in [5.74, 6) is 0.848. The molecule has 0 fully saturated rings. The van der Waals surface area contributed by atoms with E-state index in [0.717, 1.165) is 34.6 Å². The van der Waals surface area contributed by atoms with Crippen LogP contribution in [0.25, 0.3) is 22.4 Å². The van der Waals surface area contributed by atoms with E-state index in [1.165, 1.54) is 0 Å². The number of aromatic amines is 1. The lowest BCUT2D eigenvalue weighted by atomic mass is 10.1. The number of H-pyrrole nitrogens is 1. The van der Waals surface area contributed by atoms with E-state index in [-0.39, 0.29) is 5.54 Å². The van der Waals surface area contributed by atoms with Crippen LogP contribution in [0.4, 0.5) is 0 Å². The third-order valence-corrected chi connectivity index (χ3v) is 3.17. The van der Waals surface area contributed by atoms with Crippen molar-refractivity contribution >= 4 is 11.0 Å². The molecule has 20 heavy (non-hydrogen) atoms. The van der Waals surface area contributed by atoms with Gasteiger partial charge in [0.1, 0.15) is 17.7 Å². The van der Waals surface area contributed by atoms with Crippen LogP contribution in [-0.4, -0.2) is 15.5 Å². The molecular weight excluding hydrogens is 250 g/mol. The van der Waals surface area contributed by atoms with E-state index in [2.05, 4.69) is 36.1 Å². The molecule has 0 amide bonds. The van der Waals surface area contributed by atoms with Crippen LogP contribution in [0, 0.1) is 0 Å². The largest absolute Gasteiger partial charge is 0.464 e. The summed E-state index contributed by atoms with van der Waals surface area (Å²) in [5, 5.41) is 4.52. The lowest BCUT2D eigenvalue weighted by molar-refractivity contribution is 0.422. The van der Waals surface area contributed by atoms with Gasteiger partial charge in [0.25, 0.3) is 0 Å². The maximum absolute atomic E-state index is 5.55. The second-order valence-corrected chi connectivity index (χ2v) is 6.01. The number of benzene rings is 1. The summed E-state index contributed by atoms with van der Waals surface area (Å²) in [7, 11) is 0. The van der Waals surface area contributed by atoms with Crippen LogP contribution in [0.1, 0.15) is 26.5 Å². The maximum Gasteiger partial charge on any atom is 0.141 e. The fraction of sp³-hybridized carbons (Fsp3) is 0.312. The fourth-order valence-corrected chi connectivity index (χ4v) is 2.11. The zero-order valence-corrected chi connectivity index (χ0v) is 12.0. The van der Waals surface area contributed by atoms with Crippen LogP contribution in [0.2, 0.25) is 0 Å². The Morgan fingerprint density at radius 2 is 2.05 bits per heavy atom. The summed E-state index contributed by atoms with van der Waals surface area (Å²) in [6.07, 6.45) is 3.63. The highest BCUT2D eigenvalue weighted by molar-refractivity contribution is 5.91. The van der Waals surface area contributed by atoms with E-state index >= 15 is 0 Å². The predicted molar refractivity (Wildman–Crippen MR) is 80.4 cm³/mol. The van der Waals surface area contributed by atoms with E-state index in [4.69, 9.17) is 4.42 Å². The summed E-state index contributed by atoms with van der Waals surface area (Å²) in [6, 6.07) is 7.98. The number of hydrogen-bond acceptors (Lipinski definition) is 3. The third kappa shape index (κ3) is 2.60. The van der Waals surface area contributed by atoms with Crippen molar-refractivity contribution in [3.63, 3.8) is 0 Å². The second kappa shape index (κ2) is 4.80. The van der Waals surface area contributed by atoms with E-state index in [9.17, 15) is 0 Å². The summed E-state index contributed by atoms with van der Waals surface area (Å²) in [4.78, 5) is 7.80. The van der Waals surface area contributed by atoms with Gasteiger partial charge in [-0.25, -0.2) is 4.98 Å². The summed E-state index contributed by atoms with van der Waals surface area (Å²) < 4.78 is 5.55. The average Bonchev–Trinajstić information content (AvgIpc) is 3.01. The molecule has 4 nitrogen and oxygen atoms in total. The average molecular weight is 269 g/mol. The van der Waals surface area contributed by atoms with Crippen molar-refractivity contribution in [3.05, 3.63) is 42.4 Å². The molecule has 0 radical (unpaired) electrons. The number of nitrogens with zero attached hydrogens (tertiary/aromatic N) is 1. The van der Waals surface area contributed by atoms with Gasteiger partial charge in [0.15, 0.2) is 0 Å². The maximum atomic E-state index is 5.55. The van der Waals surface area contributed by atoms with E-state index in [0.29, 0.717) is 0 Å². The lowest BCUT2D eigenvalue weighted by Crippen LogP contribution is -2.35. The molecule has 0 atom stereocenters. The van der Waals surface area contributed by atoms with Crippen molar-refractivity contribution in [1.82, 2.24) is 15.3 Å². The molecule has 4 heteroatoms. The Hall–Kier alpha value is -2.07. The number of fused-ring (bicyclic) bond motifs is 1. The number of rotatable bonds is 3. The molecule has 2 aromatic heterocycles. The molecule has 1 aromatic carbocycles. The van der Waals surface area contributed by atoms with Gasteiger partial charge >= 0.3 is 0 Å². The normalized spacial score (nSPS) is 12.2. The molecule has 0 saturated carbocycles. The number of para-hydroxylation sites is 1. The first-order chi connectivity index (χ1) is 9.53. The first kappa shape index (κ1) is 12.9. The van der Waals surface area contributed by atoms with Gasteiger partial charge in [-0.05, 0) is 26.8 Å². The molecule has 3 rings (SSSR count). The third-order valence-electron chi connectivity index (χ3n) is 3.17. The van der Waals surface area contributed by atoms with Gasteiger partial charge in [-0.1, -0.05) is 18.2 Å². The van der Waals surface area contributed by atoms with Crippen molar-refractivity contribution in [2.24, 2.45) is 0 Å². The fourth-order valence-electron chi connectivity index (χ4n) is 2.11. The van der Waals surface area contributed by atoms with Gasteiger partial charge < -0.3 is 14.7 Å². The minimum absolute atomic E-state index is 0.0909. The van der Waals surface area contributed by atoms with E-state index in [1.807, 2.05) is 30.5 Å². The predicted octanol–water partition coefficient (Wildman–Crippen LogP) is 3.71. The molecule has 0 unspecified atom stereocenters. The van der Waals surface area contributed by atoms with Crippen molar-refractivity contribution in [2.75, 3.05) is 0 Å². The number of hydrogen-bond donors (Lipinski definition) is 2. The van der Waals surface area contributed by atoms with Crippen molar-refractivity contribution in [1.29, 1.82) is 0 Å². The molecule has 2 N–H and O–H groups in total. The molecular formula is C16H19N3O. The highest BCUT2D eigenvalue weighted by Gasteiger charge is 2.12. The lowest BCUT2D eigenvalue weighted by Gasteiger charge is -2.19. The molecule has 0 bridgehead atoms. The first-order valence-corrected chi connectivity index (χ1v) is 6.78. The molecule has 3 aromatic rings. The SMILES string of the molecule is CC(C)(C)NCc1cnc(-c2coc3ccccc23)[nH]1. The number of imidazole rings is 1. The van der Waals surface area contributed by atoms with E-state index in [1.54, 1.807) is 6.26 Å². The quantitative estimate of drug-likeness (QED) is 0.762. The summed E-state index contributed by atoms with van der Waals surface area (Å²) in [5.41, 5.74) is 3.05. The van der Waals surface area contributed by atoms with Crippen molar-refractivity contribution in [2.45, 2.75) is 32.9 Å². The zero-order valence-electron chi connectivity index (χ0n) is 12.0. The molecule has 0 aliphatic heterocycles. The number of nitrogens with one attached hydrogen (secondary N) is 2. The number of aromatic nitrogens is 2. The molecule has 2 heterocycles. The summed E-state index contributed by atoms with van der Waals surface area (Å²) >= 11 is 0. The summed E-state index contributed by atoms with van der Waals surface area (Å²) in [6.45, 7) is 7.21. The highest BCUT2D eigenvalue weighted by Crippen LogP contribution is 2.28. The van der Waals surface area contributed by atoms with Crippen LogP contribution in [-0.2, 0) is 6.54 Å². The molecule has 0 saturated heterocycles. The standard InChI is InChI=1S/C16H19N3O/c1-16(2,3)18-9-11-8-17-15(19-11)13-10-20-14-7-5-4-6-12(13)14/h4-8,10,18H,9H2,1-3H3,(H,17,19). The Kier molecular flexibility index (Phi) is 3.10. The van der Waals surface area contributed by atoms with Crippen LogP contribution >= 0.6 is 0 Å². The Bertz CT molecular complexity index is 718. The minimum atomic E-state index is 0.0909. The van der Waals surface area contributed by atoms with Crippen molar-refractivity contribution in [3.8, 4) is 11.4 Å². The Labute approximate surface area is 118 Å². The van der Waals surface area contributed by atoms with Gasteiger partial charge in [0.05, 0.1) is 5.56 Å². The topological polar surface area (TPSA) is 53.9 Å². The molecule has 0 aliphatic carbocycles.